The summed E-state index contributed by atoms with van der Waals surface area (Å²) in [6.07, 6.45) is -4.79. The van der Waals surface area contributed by atoms with Crippen molar-refractivity contribution in [1.29, 1.82) is 0 Å². The number of benzene rings is 2. The lowest BCUT2D eigenvalue weighted by molar-refractivity contribution is -0.161. The molecular formula is C29H38F3N5O6. The van der Waals surface area contributed by atoms with Crippen LogP contribution in [-0.2, 0) is 32.0 Å². The van der Waals surface area contributed by atoms with E-state index in [0.29, 0.717) is 11.1 Å². The molecule has 11 nitrogen and oxygen atoms in total. The number of phenolic OH excluding ortho intramolecular Hbond substituents is 1. The molecule has 0 saturated heterocycles. The van der Waals surface area contributed by atoms with Gasteiger partial charge < -0.3 is 31.9 Å². The number of halogens is 3. The largest absolute Gasteiger partial charge is 0.508 e. The summed E-state index contributed by atoms with van der Waals surface area (Å²) >= 11 is 0. The maximum absolute atomic E-state index is 13.7. The highest BCUT2D eigenvalue weighted by atomic mass is 19.4. The van der Waals surface area contributed by atoms with Crippen LogP contribution < -0.4 is 27.0 Å². The predicted molar refractivity (Wildman–Crippen MR) is 152 cm³/mol. The Kier molecular flexibility index (Phi) is 13.4. The van der Waals surface area contributed by atoms with E-state index in [9.17, 15) is 42.6 Å². The zero-order chi connectivity index (χ0) is 32.2. The van der Waals surface area contributed by atoms with Gasteiger partial charge in [0.25, 0.3) is 0 Å². The first-order valence-corrected chi connectivity index (χ1v) is 13.6. The molecule has 0 bridgehead atoms. The first kappa shape index (κ1) is 35.0. The maximum atomic E-state index is 13.7. The van der Waals surface area contributed by atoms with E-state index < -0.39 is 67.1 Å². The molecule has 236 valence electrons. The molecule has 0 radical (unpaired) electrons. The van der Waals surface area contributed by atoms with Crippen molar-refractivity contribution in [2.24, 2.45) is 11.7 Å². The molecule has 0 aliphatic heterocycles. The van der Waals surface area contributed by atoms with Gasteiger partial charge >= 0.3 is 12.1 Å². The van der Waals surface area contributed by atoms with Gasteiger partial charge in [-0.25, -0.2) is 4.79 Å². The number of carboxylic acid groups (broad SMARTS) is 1. The van der Waals surface area contributed by atoms with Crippen molar-refractivity contribution in [1.82, 2.24) is 21.3 Å². The summed E-state index contributed by atoms with van der Waals surface area (Å²) in [5.74, 6) is -3.79. The lowest BCUT2D eigenvalue weighted by Crippen LogP contribution is -2.57. The molecule has 0 aliphatic rings. The van der Waals surface area contributed by atoms with Crippen LogP contribution in [0.15, 0.2) is 54.6 Å². The van der Waals surface area contributed by atoms with Crippen molar-refractivity contribution in [3.05, 3.63) is 65.7 Å². The van der Waals surface area contributed by atoms with Crippen LogP contribution in [0.5, 0.6) is 5.75 Å². The van der Waals surface area contributed by atoms with Crippen LogP contribution in [-0.4, -0.2) is 77.3 Å². The molecule has 0 unspecified atom stereocenters. The van der Waals surface area contributed by atoms with Crippen molar-refractivity contribution in [3.8, 4) is 5.75 Å². The Morgan fingerprint density at radius 2 is 1.44 bits per heavy atom. The molecule has 0 saturated carbocycles. The summed E-state index contributed by atoms with van der Waals surface area (Å²) in [6.45, 7) is 2.14. The number of hydrogen-bond donors (Lipinski definition) is 7. The van der Waals surface area contributed by atoms with Gasteiger partial charge in [-0.05, 0) is 42.0 Å². The third-order valence-corrected chi connectivity index (χ3v) is 6.37. The van der Waals surface area contributed by atoms with Crippen LogP contribution in [0.1, 0.15) is 31.4 Å². The number of nitrogens with two attached hydrogens (primary N) is 1. The number of phenols is 1. The highest BCUT2D eigenvalue weighted by Crippen LogP contribution is 2.24. The Bertz CT molecular complexity index is 1210. The second-order valence-electron chi connectivity index (χ2n) is 10.6. The van der Waals surface area contributed by atoms with Crippen molar-refractivity contribution in [3.63, 3.8) is 0 Å². The topological polar surface area (TPSA) is 183 Å². The Morgan fingerprint density at radius 1 is 0.837 bits per heavy atom. The smallest absolute Gasteiger partial charge is 0.405 e. The third kappa shape index (κ3) is 12.7. The van der Waals surface area contributed by atoms with Crippen LogP contribution in [0, 0.1) is 5.92 Å². The Balaban J connectivity index is 1.98. The predicted octanol–water partition coefficient (Wildman–Crippen LogP) is 1.24. The van der Waals surface area contributed by atoms with Crippen molar-refractivity contribution < 1.29 is 42.6 Å². The molecule has 3 amide bonds. The average Bonchev–Trinajstić information content (AvgIpc) is 2.92. The van der Waals surface area contributed by atoms with Gasteiger partial charge in [0.1, 0.15) is 23.9 Å². The molecule has 4 atom stereocenters. The van der Waals surface area contributed by atoms with Crippen LogP contribution in [0.3, 0.4) is 0 Å². The van der Waals surface area contributed by atoms with E-state index in [1.807, 2.05) is 0 Å². The van der Waals surface area contributed by atoms with E-state index in [1.165, 1.54) is 24.3 Å². The summed E-state index contributed by atoms with van der Waals surface area (Å²) in [4.78, 5) is 49.5. The van der Waals surface area contributed by atoms with Gasteiger partial charge in [0.2, 0.25) is 17.7 Å². The second-order valence-corrected chi connectivity index (χ2v) is 10.6. The zero-order valence-electron chi connectivity index (χ0n) is 23.9. The molecule has 0 spiro atoms. The number of aliphatic carboxylic acids is 1. The summed E-state index contributed by atoms with van der Waals surface area (Å²) in [7, 11) is 0. The van der Waals surface area contributed by atoms with Gasteiger partial charge in [0, 0.05) is 12.5 Å². The minimum atomic E-state index is -4.78. The van der Waals surface area contributed by atoms with Crippen molar-refractivity contribution >= 4 is 23.7 Å². The van der Waals surface area contributed by atoms with Gasteiger partial charge in [0.05, 0.1) is 13.1 Å². The number of alkyl halides is 3. The summed E-state index contributed by atoms with van der Waals surface area (Å²) in [5.41, 5.74) is 6.92. The zero-order valence-corrected chi connectivity index (χ0v) is 23.9. The fraction of sp³-hybridized carbons (Fsp3) is 0.448. The van der Waals surface area contributed by atoms with Gasteiger partial charge in [-0.1, -0.05) is 56.3 Å². The van der Waals surface area contributed by atoms with E-state index >= 15 is 0 Å². The summed E-state index contributed by atoms with van der Waals surface area (Å²) in [6, 6.07) is 8.08. The molecule has 2 rings (SSSR count). The van der Waals surface area contributed by atoms with E-state index in [-0.39, 0.29) is 30.9 Å². The quantitative estimate of drug-likeness (QED) is 0.148. The van der Waals surface area contributed by atoms with E-state index in [4.69, 9.17) is 5.73 Å². The van der Waals surface area contributed by atoms with Gasteiger partial charge in [0.15, 0.2) is 0 Å². The number of carbonyl (C=O) groups excluding carboxylic acids is 3. The molecule has 43 heavy (non-hydrogen) atoms. The lowest BCUT2D eigenvalue weighted by atomic mass is 9.99. The fourth-order valence-corrected chi connectivity index (χ4v) is 4.25. The molecule has 14 heteroatoms. The first-order chi connectivity index (χ1) is 20.1. The number of aromatic hydroxyl groups is 1. The van der Waals surface area contributed by atoms with E-state index in [1.54, 1.807) is 44.2 Å². The Hall–Kier alpha value is -4.17. The molecule has 0 aromatic heterocycles. The maximum Gasteiger partial charge on any atom is 0.405 e. The van der Waals surface area contributed by atoms with Crippen LogP contribution in [0.25, 0.3) is 0 Å². The van der Waals surface area contributed by atoms with Crippen LogP contribution in [0.2, 0.25) is 0 Å². The third-order valence-electron chi connectivity index (χ3n) is 6.37. The number of hydrogen-bond acceptors (Lipinski definition) is 7. The number of amides is 3. The minimum absolute atomic E-state index is 0.0219. The highest BCUT2D eigenvalue weighted by Gasteiger charge is 2.43. The number of carboxylic acids is 1. The standard InChI is InChI=1S/C29H38F3N5O6/c1-17(2)12-23(28(42)43)37-27(41)22(14-18-6-4-3-5-7-18)36-25(40)16-34-24(39)15-35-26(29(30,31)32)21(33)13-19-8-10-20(38)11-9-19/h3-11,17,21-23,26,35,38H,12-16,33H2,1-2H3,(H,34,39)(H,36,40)(H,37,41)(H,42,43)/t21-,22-,23-,26-/m0/s1. The highest BCUT2D eigenvalue weighted by molar-refractivity contribution is 5.92. The molecule has 2 aromatic rings. The Morgan fingerprint density at radius 3 is 2.00 bits per heavy atom. The van der Waals surface area contributed by atoms with Gasteiger partial charge in [-0.2, -0.15) is 13.2 Å². The van der Waals surface area contributed by atoms with Crippen molar-refractivity contribution in [2.45, 2.75) is 63.5 Å². The van der Waals surface area contributed by atoms with E-state index in [0.717, 1.165) is 0 Å². The second kappa shape index (κ2) is 16.5. The number of carbonyl (C=O) groups is 4. The Labute approximate surface area is 247 Å². The van der Waals surface area contributed by atoms with Crippen LogP contribution >= 0.6 is 0 Å². The van der Waals surface area contributed by atoms with Gasteiger partial charge in [-0.15, -0.1) is 0 Å². The fourth-order valence-electron chi connectivity index (χ4n) is 4.25. The van der Waals surface area contributed by atoms with Crippen molar-refractivity contribution in [2.75, 3.05) is 13.1 Å². The molecule has 0 heterocycles. The molecule has 0 aliphatic carbocycles. The molecule has 2 aromatic carbocycles. The molecule has 8 N–H and O–H groups in total. The normalized spacial score (nSPS) is 14.3. The SMILES string of the molecule is CC(C)C[C@H](NC(=O)[C@H](Cc1ccccc1)NC(=O)CNC(=O)CN[C@@H]([C@@H](N)Cc1ccc(O)cc1)C(F)(F)F)C(=O)O. The van der Waals surface area contributed by atoms with E-state index in [2.05, 4.69) is 21.3 Å². The molecule has 0 fully saturated rings. The minimum Gasteiger partial charge on any atom is -0.508 e. The lowest BCUT2D eigenvalue weighted by Gasteiger charge is -2.27. The average molecular weight is 610 g/mol. The van der Waals surface area contributed by atoms with Crippen LogP contribution in [0.4, 0.5) is 13.2 Å². The summed E-state index contributed by atoms with van der Waals surface area (Å²) in [5, 5.41) is 28.0. The monoisotopic (exact) mass is 609 g/mol. The molecular weight excluding hydrogens is 571 g/mol. The summed E-state index contributed by atoms with van der Waals surface area (Å²) < 4.78 is 41.0. The number of rotatable bonds is 16. The number of nitrogens with one attached hydrogen (secondary N) is 4. The van der Waals surface area contributed by atoms with Gasteiger partial charge in [-0.3, -0.25) is 19.7 Å². The first-order valence-electron chi connectivity index (χ1n) is 13.6.